The van der Waals surface area contributed by atoms with Gasteiger partial charge in [0.25, 0.3) is 5.91 Å². The molecule has 0 atom stereocenters. The fourth-order valence-electron chi connectivity index (χ4n) is 2.87. The zero-order valence-electron chi connectivity index (χ0n) is 15.2. The number of benzene rings is 1. The fourth-order valence-corrected chi connectivity index (χ4v) is 3.73. The summed E-state index contributed by atoms with van der Waals surface area (Å²) in [7, 11) is 0. The molecule has 3 heterocycles. The molecule has 0 radical (unpaired) electrons. The van der Waals surface area contributed by atoms with Crippen LogP contribution in [0.4, 0.5) is 9.52 Å². The van der Waals surface area contributed by atoms with Crippen molar-refractivity contribution in [3.63, 3.8) is 0 Å². The van der Waals surface area contributed by atoms with Crippen LogP contribution < -0.4 is 4.90 Å². The van der Waals surface area contributed by atoms with Crippen LogP contribution >= 0.6 is 11.3 Å². The first kappa shape index (κ1) is 18.2. The normalized spacial score (nSPS) is 11.1. The SMILES string of the molecule is CCCCN(C(=O)c1ccccc1F)c1nnc(-c2ccc3nccn3c2)s1. The number of hydrogen-bond donors (Lipinski definition) is 0. The Morgan fingerprint density at radius 1 is 1.21 bits per heavy atom. The number of pyridine rings is 1. The zero-order valence-corrected chi connectivity index (χ0v) is 16.1. The summed E-state index contributed by atoms with van der Waals surface area (Å²) in [6.07, 6.45) is 7.20. The molecule has 0 unspecified atom stereocenters. The van der Waals surface area contributed by atoms with Gasteiger partial charge in [0.1, 0.15) is 11.5 Å². The highest BCUT2D eigenvalue weighted by molar-refractivity contribution is 7.18. The van der Waals surface area contributed by atoms with Crippen LogP contribution in [0.1, 0.15) is 30.1 Å². The lowest BCUT2D eigenvalue weighted by Gasteiger charge is -2.19. The molecule has 0 aliphatic heterocycles. The van der Waals surface area contributed by atoms with Gasteiger partial charge in [-0.3, -0.25) is 9.69 Å². The van der Waals surface area contributed by atoms with Gasteiger partial charge >= 0.3 is 0 Å². The van der Waals surface area contributed by atoms with Crippen molar-refractivity contribution in [2.75, 3.05) is 11.4 Å². The first-order valence-corrected chi connectivity index (χ1v) is 9.82. The van der Waals surface area contributed by atoms with Gasteiger partial charge < -0.3 is 4.40 Å². The first-order chi connectivity index (χ1) is 13.7. The van der Waals surface area contributed by atoms with Crippen molar-refractivity contribution < 1.29 is 9.18 Å². The standard InChI is InChI=1S/C20H18FN5OS/c1-2-3-11-26(19(27)15-6-4-5-7-16(15)21)20-24-23-18(28-20)14-8-9-17-22-10-12-25(17)13-14/h4-10,12-13H,2-3,11H2,1H3. The Kier molecular flexibility index (Phi) is 5.12. The third-order valence-corrected chi connectivity index (χ3v) is 5.36. The van der Waals surface area contributed by atoms with Gasteiger partial charge in [0.15, 0.2) is 5.01 Å². The Morgan fingerprint density at radius 3 is 2.89 bits per heavy atom. The highest BCUT2D eigenvalue weighted by Gasteiger charge is 2.23. The lowest BCUT2D eigenvalue weighted by molar-refractivity contribution is 0.0982. The quantitative estimate of drug-likeness (QED) is 0.484. The molecule has 0 N–H and O–H groups in total. The van der Waals surface area contributed by atoms with Crippen LogP contribution in [0.25, 0.3) is 16.2 Å². The van der Waals surface area contributed by atoms with E-state index < -0.39 is 11.7 Å². The molecule has 0 saturated carbocycles. The van der Waals surface area contributed by atoms with Crippen molar-refractivity contribution in [1.29, 1.82) is 0 Å². The molecule has 0 saturated heterocycles. The van der Waals surface area contributed by atoms with Crippen LogP contribution in [-0.4, -0.2) is 32.0 Å². The molecule has 142 valence electrons. The second kappa shape index (κ2) is 7.85. The molecule has 28 heavy (non-hydrogen) atoms. The predicted molar refractivity (Wildman–Crippen MR) is 107 cm³/mol. The Hall–Kier alpha value is -3.13. The topological polar surface area (TPSA) is 63.4 Å². The van der Waals surface area contributed by atoms with Crippen LogP contribution in [-0.2, 0) is 0 Å². The number of anilines is 1. The Bertz CT molecular complexity index is 1120. The van der Waals surface area contributed by atoms with E-state index >= 15 is 0 Å². The average molecular weight is 395 g/mol. The molecular weight excluding hydrogens is 377 g/mol. The third kappa shape index (κ3) is 3.50. The second-order valence-electron chi connectivity index (χ2n) is 6.29. The van der Waals surface area contributed by atoms with Gasteiger partial charge in [-0.25, -0.2) is 9.37 Å². The van der Waals surface area contributed by atoms with E-state index in [9.17, 15) is 9.18 Å². The number of unbranched alkanes of at least 4 members (excludes halogenated alkanes) is 1. The largest absolute Gasteiger partial charge is 0.306 e. The van der Waals surface area contributed by atoms with E-state index in [2.05, 4.69) is 15.2 Å². The number of halogens is 1. The summed E-state index contributed by atoms with van der Waals surface area (Å²) in [6, 6.07) is 9.82. The van der Waals surface area contributed by atoms with E-state index in [1.165, 1.54) is 28.4 Å². The predicted octanol–water partition coefficient (Wildman–Crippen LogP) is 4.44. The van der Waals surface area contributed by atoms with E-state index in [1.54, 1.807) is 18.3 Å². The number of fused-ring (bicyclic) bond motifs is 1. The number of rotatable bonds is 6. The molecule has 6 nitrogen and oxygen atoms in total. The Balaban J connectivity index is 1.67. The zero-order chi connectivity index (χ0) is 19.5. The van der Waals surface area contributed by atoms with Crippen molar-refractivity contribution in [3.8, 4) is 10.6 Å². The van der Waals surface area contributed by atoms with Gasteiger partial charge in [-0.1, -0.05) is 36.8 Å². The maximum atomic E-state index is 14.1. The van der Waals surface area contributed by atoms with Gasteiger partial charge in [-0.15, -0.1) is 10.2 Å². The summed E-state index contributed by atoms with van der Waals surface area (Å²) in [5, 5.41) is 9.62. The summed E-state index contributed by atoms with van der Waals surface area (Å²) in [6.45, 7) is 2.50. The van der Waals surface area contributed by atoms with Crippen molar-refractivity contribution >= 4 is 28.0 Å². The highest BCUT2D eigenvalue weighted by Crippen LogP contribution is 2.30. The molecule has 1 amide bonds. The first-order valence-electron chi connectivity index (χ1n) is 9.00. The average Bonchev–Trinajstić information content (AvgIpc) is 3.37. The summed E-state index contributed by atoms with van der Waals surface area (Å²) in [4.78, 5) is 18.7. The molecule has 8 heteroatoms. The molecule has 0 aliphatic carbocycles. The Labute approximate surface area is 165 Å². The molecule has 0 aliphatic rings. The van der Waals surface area contributed by atoms with Crippen molar-refractivity contribution in [1.82, 2.24) is 19.6 Å². The monoisotopic (exact) mass is 395 g/mol. The lowest BCUT2D eigenvalue weighted by Crippen LogP contribution is -2.32. The molecular formula is C20H18FN5OS. The minimum absolute atomic E-state index is 0.0372. The van der Waals surface area contributed by atoms with E-state index in [0.717, 1.165) is 24.1 Å². The van der Waals surface area contributed by atoms with Gasteiger partial charge in [-0.2, -0.15) is 0 Å². The summed E-state index contributed by atoms with van der Waals surface area (Å²) < 4.78 is 16.0. The number of carbonyl (C=O) groups is 1. The molecule has 0 bridgehead atoms. The van der Waals surface area contributed by atoms with Crippen LogP contribution in [0, 0.1) is 5.82 Å². The summed E-state index contributed by atoms with van der Waals surface area (Å²) in [5.41, 5.74) is 1.76. The number of nitrogens with zero attached hydrogens (tertiary/aromatic N) is 5. The number of imidazole rings is 1. The fraction of sp³-hybridized carbons (Fsp3) is 0.200. The van der Waals surface area contributed by atoms with Crippen molar-refractivity contribution in [2.45, 2.75) is 19.8 Å². The number of hydrogen-bond acceptors (Lipinski definition) is 5. The highest BCUT2D eigenvalue weighted by atomic mass is 32.1. The maximum absolute atomic E-state index is 14.1. The van der Waals surface area contributed by atoms with Crippen LogP contribution in [0.5, 0.6) is 0 Å². The van der Waals surface area contributed by atoms with Gasteiger partial charge in [0.2, 0.25) is 5.13 Å². The number of aromatic nitrogens is 4. The van der Waals surface area contributed by atoms with E-state index in [-0.39, 0.29) is 5.56 Å². The second-order valence-corrected chi connectivity index (χ2v) is 7.25. The molecule has 3 aromatic heterocycles. The minimum Gasteiger partial charge on any atom is -0.306 e. The van der Waals surface area contributed by atoms with E-state index in [0.29, 0.717) is 16.7 Å². The Morgan fingerprint density at radius 2 is 2.07 bits per heavy atom. The maximum Gasteiger partial charge on any atom is 0.263 e. The summed E-state index contributed by atoms with van der Waals surface area (Å²) >= 11 is 1.31. The summed E-state index contributed by atoms with van der Waals surface area (Å²) in [5.74, 6) is -0.941. The van der Waals surface area contributed by atoms with Gasteiger partial charge in [0, 0.05) is 30.7 Å². The lowest BCUT2D eigenvalue weighted by atomic mass is 10.2. The van der Waals surface area contributed by atoms with E-state index in [1.807, 2.05) is 35.9 Å². The third-order valence-electron chi connectivity index (χ3n) is 4.37. The van der Waals surface area contributed by atoms with Gasteiger partial charge in [0.05, 0.1) is 5.56 Å². The van der Waals surface area contributed by atoms with Crippen LogP contribution in [0.2, 0.25) is 0 Å². The molecule has 1 aromatic carbocycles. The molecule has 4 aromatic rings. The number of carbonyl (C=O) groups excluding carboxylic acids is 1. The molecule has 0 spiro atoms. The van der Waals surface area contributed by atoms with Crippen LogP contribution in [0.3, 0.4) is 0 Å². The van der Waals surface area contributed by atoms with E-state index in [4.69, 9.17) is 0 Å². The smallest absolute Gasteiger partial charge is 0.263 e. The van der Waals surface area contributed by atoms with Crippen molar-refractivity contribution in [3.05, 3.63) is 66.4 Å². The molecule has 4 rings (SSSR count). The van der Waals surface area contributed by atoms with Crippen molar-refractivity contribution in [2.24, 2.45) is 0 Å². The minimum atomic E-state index is -0.538. The molecule has 0 fully saturated rings. The van der Waals surface area contributed by atoms with Gasteiger partial charge in [-0.05, 0) is 30.7 Å². The van der Waals surface area contributed by atoms with Crippen LogP contribution in [0.15, 0.2) is 55.0 Å². The number of amides is 1.